The Balaban J connectivity index is 1.67. The van der Waals surface area contributed by atoms with Crippen molar-refractivity contribution in [3.8, 4) is 5.75 Å². The van der Waals surface area contributed by atoms with E-state index >= 15 is 0 Å². The van der Waals surface area contributed by atoms with Crippen LogP contribution in [0.2, 0.25) is 0 Å². The molecule has 3 rings (SSSR count). The number of alkyl halides is 2. The first-order chi connectivity index (χ1) is 12.9. The van der Waals surface area contributed by atoms with E-state index in [1.807, 2.05) is 24.3 Å². The van der Waals surface area contributed by atoms with Crippen LogP contribution in [0.4, 0.5) is 25.8 Å². The summed E-state index contributed by atoms with van der Waals surface area (Å²) in [6.07, 6.45) is 1.41. The monoisotopic (exact) mass is 377 g/mol. The minimum absolute atomic E-state index is 0.110. The molecule has 1 aliphatic heterocycles. The van der Waals surface area contributed by atoms with E-state index in [1.165, 1.54) is 12.1 Å². The van der Waals surface area contributed by atoms with Crippen LogP contribution in [-0.4, -0.2) is 24.0 Å². The average molecular weight is 377 g/mol. The smallest absolute Gasteiger partial charge is 0.387 e. The van der Waals surface area contributed by atoms with Gasteiger partial charge in [-0.1, -0.05) is 12.1 Å². The Labute approximate surface area is 153 Å². The highest BCUT2D eigenvalue weighted by Gasteiger charge is 2.21. The molecule has 0 radical (unpaired) electrons. The number of anilines is 2. The maximum absolute atomic E-state index is 12.4. The molecule has 1 saturated heterocycles. The van der Waals surface area contributed by atoms with Crippen molar-refractivity contribution in [2.75, 3.05) is 16.8 Å². The van der Waals surface area contributed by atoms with E-state index in [0.717, 1.165) is 23.7 Å². The van der Waals surface area contributed by atoms with Crippen LogP contribution in [-0.2, 0) is 11.3 Å². The molecule has 0 spiro atoms. The SMILES string of the molecule is O=C1CCCN1c1ccc(CNc2ccc([N+](=O)[O-])c(OC(F)F)c2)cc1. The first kappa shape index (κ1) is 18.6. The Morgan fingerprint density at radius 3 is 2.56 bits per heavy atom. The topological polar surface area (TPSA) is 84.7 Å². The van der Waals surface area contributed by atoms with Crippen LogP contribution in [0.1, 0.15) is 18.4 Å². The molecule has 27 heavy (non-hydrogen) atoms. The Kier molecular flexibility index (Phi) is 5.49. The second-order valence-electron chi connectivity index (χ2n) is 5.99. The molecule has 1 aliphatic rings. The van der Waals surface area contributed by atoms with Crippen LogP contribution < -0.4 is 15.0 Å². The molecule has 2 aromatic rings. The van der Waals surface area contributed by atoms with Crippen LogP contribution in [0.3, 0.4) is 0 Å². The number of hydrogen-bond donors (Lipinski definition) is 1. The number of carbonyl (C=O) groups excluding carboxylic acids is 1. The highest BCUT2D eigenvalue weighted by molar-refractivity contribution is 5.95. The summed E-state index contributed by atoms with van der Waals surface area (Å²) in [7, 11) is 0. The number of nitro benzene ring substituents is 1. The van der Waals surface area contributed by atoms with Gasteiger partial charge in [0.1, 0.15) is 0 Å². The summed E-state index contributed by atoms with van der Waals surface area (Å²) < 4.78 is 29.1. The Morgan fingerprint density at radius 1 is 1.22 bits per heavy atom. The van der Waals surface area contributed by atoms with Gasteiger partial charge in [0.2, 0.25) is 11.7 Å². The van der Waals surface area contributed by atoms with Crippen LogP contribution in [0.15, 0.2) is 42.5 Å². The van der Waals surface area contributed by atoms with Crippen molar-refractivity contribution in [2.24, 2.45) is 0 Å². The van der Waals surface area contributed by atoms with Crippen molar-refractivity contribution in [3.63, 3.8) is 0 Å². The predicted molar refractivity (Wildman–Crippen MR) is 95.1 cm³/mol. The number of hydrogen-bond acceptors (Lipinski definition) is 5. The lowest BCUT2D eigenvalue weighted by Crippen LogP contribution is -2.23. The van der Waals surface area contributed by atoms with Gasteiger partial charge in [0.15, 0.2) is 0 Å². The van der Waals surface area contributed by atoms with Crippen molar-refractivity contribution in [1.29, 1.82) is 0 Å². The van der Waals surface area contributed by atoms with Gasteiger partial charge in [-0.2, -0.15) is 8.78 Å². The summed E-state index contributed by atoms with van der Waals surface area (Å²) in [5.74, 6) is -0.388. The van der Waals surface area contributed by atoms with E-state index in [4.69, 9.17) is 0 Å². The maximum Gasteiger partial charge on any atom is 0.387 e. The van der Waals surface area contributed by atoms with E-state index in [-0.39, 0.29) is 5.91 Å². The highest BCUT2D eigenvalue weighted by atomic mass is 19.3. The number of nitrogens with one attached hydrogen (secondary N) is 1. The second kappa shape index (κ2) is 7.98. The third-order valence-corrected chi connectivity index (χ3v) is 4.19. The van der Waals surface area contributed by atoms with Gasteiger partial charge < -0.3 is 15.0 Å². The fraction of sp³-hybridized carbons (Fsp3) is 0.278. The molecule has 7 nitrogen and oxygen atoms in total. The molecule has 0 aromatic heterocycles. The molecule has 0 unspecified atom stereocenters. The molecule has 9 heteroatoms. The van der Waals surface area contributed by atoms with E-state index in [1.54, 1.807) is 4.90 Å². The summed E-state index contributed by atoms with van der Waals surface area (Å²) in [5, 5.41) is 13.9. The van der Waals surface area contributed by atoms with Gasteiger partial charge in [-0.15, -0.1) is 0 Å². The van der Waals surface area contributed by atoms with Crippen LogP contribution in [0, 0.1) is 10.1 Å². The molecule has 1 N–H and O–H groups in total. The Morgan fingerprint density at radius 2 is 1.96 bits per heavy atom. The molecular formula is C18H17F2N3O4. The van der Waals surface area contributed by atoms with Crippen LogP contribution in [0.5, 0.6) is 5.75 Å². The summed E-state index contributed by atoms with van der Waals surface area (Å²) in [5.41, 5.74) is 1.62. The molecule has 0 bridgehead atoms. The fourth-order valence-electron chi connectivity index (χ4n) is 2.88. The van der Waals surface area contributed by atoms with Gasteiger partial charge in [-0.3, -0.25) is 14.9 Å². The van der Waals surface area contributed by atoms with Crippen LogP contribution >= 0.6 is 0 Å². The minimum Gasteiger partial charge on any atom is -0.427 e. The molecule has 142 valence electrons. The molecule has 0 saturated carbocycles. The zero-order valence-electron chi connectivity index (χ0n) is 14.2. The van der Waals surface area contributed by atoms with Crippen molar-refractivity contribution in [2.45, 2.75) is 26.0 Å². The van der Waals surface area contributed by atoms with Gasteiger partial charge in [0.05, 0.1) is 4.92 Å². The number of halogens is 2. The van der Waals surface area contributed by atoms with E-state index in [2.05, 4.69) is 10.1 Å². The average Bonchev–Trinajstić information content (AvgIpc) is 3.06. The molecule has 0 atom stereocenters. The van der Waals surface area contributed by atoms with Crippen molar-refractivity contribution in [1.82, 2.24) is 0 Å². The fourth-order valence-corrected chi connectivity index (χ4v) is 2.88. The summed E-state index contributed by atoms with van der Waals surface area (Å²) in [6.45, 7) is -2.06. The zero-order valence-corrected chi connectivity index (χ0v) is 14.2. The molecule has 0 aliphatic carbocycles. The molecular weight excluding hydrogens is 360 g/mol. The summed E-state index contributed by atoms with van der Waals surface area (Å²) in [6, 6.07) is 11.1. The number of ether oxygens (including phenoxy) is 1. The Bertz CT molecular complexity index is 843. The van der Waals surface area contributed by atoms with Gasteiger partial charge >= 0.3 is 12.3 Å². The molecule has 2 aromatic carbocycles. The lowest BCUT2D eigenvalue weighted by molar-refractivity contribution is -0.386. The minimum atomic E-state index is -3.15. The standard InChI is InChI=1S/C18H17F2N3O4/c19-18(20)27-16-10-13(5-8-15(16)23(25)26)21-11-12-3-6-14(7-4-12)22-9-1-2-17(22)24/h3-8,10,18,21H,1-2,9,11H2. The molecule has 1 amide bonds. The molecule has 1 fully saturated rings. The van der Waals surface area contributed by atoms with E-state index in [0.29, 0.717) is 25.2 Å². The van der Waals surface area contributed by atoms with Crippen molar-refractivity contribution in [3.05, 3.63) is 58.1 Å². The number of benzene rings is 2. The van der Waals surface area contributed by atoms with Gasteiger partial charge in [0.25, 0.3) is 0 Å². The number of carbonyl (C=O) groups is 1. The normalized spacial score (nSPS) is 13.9. The first-order valence-corrected chi connectivity index (χ1v) is 8.30. The maximum atomic E-state index is 12.4. The van der Waals surface area contributed by atoms with Crippen molar-refractivity contribution >= 4 is 23.0 Å². The zero-order chi connectivity index (χ0) is 19.4. The van der Waals surface area contributed by atoms with E-state index in [9.17, 15) is 23.7 Å². The quantitative estimate of drug-likeness (QED) is 0.584. The highest BCUT2D eigenvalue weighted by Crippen LogP contribution is 2.31. The predicted octanol–water partition coefficient (Wildman–Crippen LogP) is 3.94. The number of amides is 1. The first-order valence-electron chi connectivity index (χ1n) is 8.30. The van der Waals surface area contributed by atoms with Crippen LogP contribution in [0.25, 0.3) is 0 Å². The lowest BCUT2D eigenvalue weighted by Gasteiger charge is -2.16. The third-order valence-electron chi connectivity index (χ3n) is 4.19. The van der Waals surface area contributed by atoms with E-state index < -0.39 is 23.0 Å². The van der Waals surface area contributed by atoms with Crippen molar-refractivity contribution < 1.29 is 23.2 Å². The summed E-state index contributed by atoms with van der Waals surface area (Å²) >= 11 is 0. The van der Waals surface area contributed by atoms with Gasteiger partial charge in [-0.05, 0) is 30.2 Å². The number of rotatable bonds is 7. The third kappa shape index (κ3) is 4.49. The molecule has 1 heterocycles. The number of nitro groups is 1. The summed E-state index contributed by atoms with van der Waals surface area (Å²) in [4.78, 5) is 23.6. The number of nitrogens with zero attached hydrogens (tertiary/aromatic N) is 2. The largest absolute Gasteiger partial charge is 0.427 e. The Hall–Kier alpha value is -3.23. The van der Waals surface area contributed by atoms with Gasteiger partial charge in [-0.25, -0.2) is 0 Å². The second-order valence-corrected chi connectivity index (χ2v) is 5.99. The lowest BCUT2D eigenvalue weighted by atomic mass is 10.2. The van der Waals surface area contributed by atoms with Gasteiger partial charge in [0, 0.05) is 43.0 Å².